The van der Waals surface area contributed by atoms with E-state index in [4.69, 9.17) is 14.2 Å². The molecule has 1 spiro atoms. The normalized spacial score (nSPS) is 48.8. The van der Waals surface area contributed by atoms with Gasteiger partial charge in [-0.25, -0.2) is 4.79 Å². The minimum Gasteiger partial charge on any atom is -0.458 e. The van der Waals surface area contributed by atoms with Crippen LogP contribution in [0.1, 0.15) is 53.9 Å². The maximum Gasteiger partial charge on any atom is 0.334 e. The van der Waals surface area contributed by atoms with Crippen molar-refractivity contribution in [2.45, 2.75) is 77.8 Å². The largest absolute Gasteiger partial charge is 0.458 e. The number of epoxide rings is 1. The third-order valence-electron chi connectivity index (χ3n) is 8.21. The predicted octanol–water partition coefficient (Wildman–Crippen LogP) is 3.33. The molecule has 0 aromatic carbocycles. The molecule has 0 radical (unpaired) electrons. The molecule has 2 heterocycles. The molecule has 0 bridgehead atoms. The van der Waals surface area contributed by atoms with Crippen LogP contribution in [-0.2, 0) is 23.8 Å². The van der Waals surface area contributed by atoms with Gasteiger partial charge in [0.2, 0.25) is 0 Å². The van der Waals surface area contributed by atoms with E-state index in [-0.39, 0.29) is 52.6 Å². The van der Waals surface area contributed by atoms with E-state index in [2.05, 4.69) is 32.9 Å². The molecular weight excluding hydrogens is 344 g/mol. The van der Waals surface area contributed by atoms with Gasteiger partial charge in [0.15, 0.2) is 0 Å². The average Bonchev–Trinajstić information content (AvgIpc) is 3.22. The van der Waals surface area contributed by atoms with Crippen molar-refractivity contribution in [3.05, 3.63) is 23.3 Å². The Morgan fingerprint density at radius 3 is 2.70 bits per heavy atom. The fourth-order valence-corrected chi connectivity index (χ4v) is 7.01. The monoisotopic (exact) mass is 372 g/mol. The zero-order valence-electron chi connectivity index (χ0n) is 16.7. The topological polar surface area (TPSA) is 65.1 Å². The third kappa shape index (κ3) is 2.04. The van der Waals surface area contributed by atoms with E-state index in [0.717, 1.165) is 30.4 Å². The minimum absolute atomic E-state index is 0.0162. The minimum atomic E-state index is -0.274. The molecule has 7 unspecified atom stereocenters. The lowest BCUT2D eigenvalue weighted by Crippen LogP contribution is -2.62. The molecule has 3 aliphatic carbocycles. The maximum atomic E-state index is 12.2. The van der Waals surface area contributed by atoms with Crippen LogP contribution in [0.3, 0.4) is 0 Å². The highest BCUT2D eigenvalue weighted by Crippen LogP contribution is 2.71. The molecule has 0 aromatic heterocycles. The van der Waals surface area contributed by atoms with Crippen molar-refractivity contribution in [1.82, 2.24) is 0 Å². The Bertz CT molecular complexity index is 808. The van der Waals surface area contributed by atoms with Crippen molar-refractivity contribution in [2.75, 3.05) is 0 Å². The Hall–Kier alpha value is -1.62. The lowest BCUT2D eigenvalue weighted by atomic mass is 9.44. The number of ether oxygens (including phenoxy) is 3. The number of hydrogen-bond donors (Lipinski definition) is 0. The van der Waals surface area contributed by atoms with Gasteiger partial charge < -0.3 is 14.2 Å². The number of allylic oxidation sites excluding steroid dienone is 1. The summed E-state index contributed by atoms with van der Waals surface area (Å²) in [5, 5.41) is 0. The quantitative estimate of drug-likeness (QED) is 0.401. The van der Waals surface area contributed by atoms with Gasteiger partial charge in [0, 0.05) is 29.4 Å². The van der Waals surface area contributed by atoms with Crippen molar-refractivity contribution in [3.63, 3.8) is 0 Å². The third-order valence-corrected chi connectivity index (χ3v) is 8.21. The van der Waals surface area contributed by atoms with Gasteiger partial charge in [-0.2, -0.15) is 0 Å². The van der Waals surface area contributed by atoms with E-state index in [0.29, 0.717) is 5.92 Å². The van der Waals surface area contributed by atoms with E-state index in [1.54, 1.807) is 0 Å². The summed E-state index contributed by atoms with van der Waals surface area (Å²) in [4.78, 5) is 24.0. The fraction of sp³-hybridized carbons (Fsp3) is 0.727. The number of carbonyl (C=O) groups excluding carboxylic acids is 2. The predicted molar refractivity (Wildman–Crippen MR) is 97.6 cm³/mol. The van der Waals surface area contributed by atoms with Gasteiger partial charge in [-0.3, -0.25) is 4.79 Å². The summed E-state index contributed by atoms with van der Waals surface area (Å²) >= 11 is 0. The van der Waals surface area contributed by atoms with Crippen LogP contribution in [0.2, 0.25) is 0 Å². The van der Waals surface area contributed by atoms with Crippen LogP contribution in [0.4, 0.5) is 0 Å². The standard InChI is InChI=1S/C22H28O5/c1-11-17-13(26-19(11)24)10-15-21(5)14(6-9-22(15)18(17)27-22)20(3,4)8-7-16(21)25-12(2)23/h7-8,13-16,18H,6,9-10H2,1-5H3. The molecule has 5 heteroatoms. The summed E-state index contributed by atoms with van der Waals surface area (Å²) in [6.45, 7) is 10.1. The molecule has 5 rings (SSSR count). The van der Waals surface area contributed by atoms with E-state index in [1.165, 1.54) is 6.92 Å². The van der Waals surface area contributed by atoms with Crippen LogP contribution in [-0.4, -0.2) is 35.9 Å². The van der Waals surface area contributed by atoms with Crippen molar-refractivity contribution in [3.8, 4) is 0 Å². The van der Waals surface area contributed by atoms with Crippen LogP contribution in [0.5, 0.6) is 0 Å². The molecule has 0 aromatic rings. The first-order valence-electron chi connectivity index (χ1n) is 10.1. The van der Waals surface area contributed by atoms with Crippen LogP contribution >= 0.6 is 0 Å². The summed E-state index contributed by atoms with van der Waals surface area (Å²) < 4.78 is 17.9. The lowest BCUT2D eigenvalue weighted by Gasteiger charge is -2.60. The summed E-state index contributed by atoms with van der Waals surface area (Å²) in [5.41, 5.74) is 1.34. The SMILES string of the molecule is CC(=O)OC1C=CC(C)(C)C2CCC34OC3C3=C(C)C(=O)OC3CC4C12C. The van der Waals surface area contributed by atoms with Crippen LogP contribution in [0.15, 0.2) is 23.3 Å². The van der Waals surface area contributed by atoms with E-state index in [9.17, 15) is 9.59 Å². The maximum absolute atomic E-state index is 12.2. The molecule has 2 aliphatic heterocycles. The molecule has 3 fully saturated rings. The van der Waals surface area contributed by atoms with Gasteiger partial charge in [-0.1, -0.05) is 26.8 Å². The summed E-state index contributed by atoms with van der Waals surface area (Å²) in [6.07, 6.45) is 6.58. The Morgan fingerprint density at radius 2 is 2.00 bits per heavy atom. The highest BCUT2D eigenvalue weighted by molar-refractivity contribution is 5.92. The molecule has 7 atom stereocenters. The van der Waals surface area contributed by atoms with Crippen molar-refractivity contribution < 1.29 is 23.8 Å². The average molecular weight is 372 g/mol. The van der Waals surface area contributed by atoms with Crippen LogP contribution in [0, 0.1) is 22.7 Å². The fourth-order valence-electron chi connectivity index (χ4n) is 7.01. The molecule has 1 saturated heterocycles. The van der Waals surface area contributed by atoms with Gasteiger partial charge in [-0.05, 0) is 43.6 Å². The van der Waals surface area contributed by atoms with E-state index in [1.807, 2.05) is 6.92 Å². The molecule has 27 heavy (non-hydrogen) atoms. The number of hydrogen-bond acceptors (Lipinski definition) is 5. The first-order chi connectivity index (χ1) is 12.6. The Labute approximate surface area is 160 Å². The Kier molecular flexibility index (Phi) is 3.27. The number of esters is 2. The summed E-state index contributed by atoms with van der Waals surface area (Å²) in [5.74, 6) is 0.108. The second-order valence-electron chi connectivity index (χ2n) is 9.88. The van der Waals surface area contributed by atoms with Crippen LogP contribution < -0.4 is 0 Å². The second-order valence-corrected chi connectivity index (χ2v) is 9.88. The van der Waals surface area contributed by atoms with Gasteiger partial charge in [0.1, 0.15) is 23.9 Å². The van der Waals surface area contributed by atoms with Gasteiger partial charge >= 0.3 is 11.9 Å². The molecule has 0 N–H and O–H groups in total. The van der Waals surface area contributed by atoms with E-state index < -0.39 is 0 Å². The zero-order valence-corrected chi connectivity index (χ0v) is 16.7. The van der Waals surface area contributed by atoms with Gasteiger partial charge in [0.05, 0.1) is 0 Å². The van der Waals surface area contributed by atoms with Crippen molar-refractivity contribution >= 4 is 11.9 Å². The summed E-state index contributed by atoms with van der Waals surface area (Å²) in [6, 6.07) is 0. The van der Waals surface area contributed by atoms with Crippen LogP contribution in [0.25, 0.3) is 0 Å². The molecule has 5 nitrogen and oxygen atoms in total. The van der Waals surface area contributed by atoms with E-state index >= 15 is 0 Å². The summed E-state index contributed by atoms with van der Waals surface area (Å²) in [7, 11) is 0. The molecular formula is C22H28O5. The van der Waals surface area contributed by atoms with Crippen molar-refractivity contribution in [1.29, 1.82) is 0 Å². The first kappa shape index (κ1) is 17.5. The first-order valence-corrected chi connectivity index (χ1v) is 10.1. The highest BCUT2D eigenvalue weighted by atomic mass is 16.6. The molecule has 146 valence electrons. The van der Waals surface area contributed by atoms with Gasteiger partial charge in [-0.15, -0.1) is 0 Å². The smallest absolute Gasteiger partial charge is 0.334 e. The number of rotatable bonds is 1. The molecule has 0 amide bonds. The Morgan fingerprint density at radius 1 is 1.26 bits per heavy atom. The van der Waals surface area contributed by atoms with Crippen molar-refractivity contribution in [2.24, 2.45) is 22.7 Å². The lowest BCUT2D eigenvalue weighted by molar-refractivity contribution is -0.175. The highest BCUT2D eigenvalue weighted by Gasteiger charge is 2.76. The Balaban J connectivity index is 1.60. The number of fused-ring (bicyclic) bond motifs is 4. The number of carbonyl (C=O) groups is 2. The second kappa shape index (κ2) is 5.05. The molecule has 2 saturated carbocycles. The molecule has 5 aliphatic rings. The van der Waals surface area contributed by atoms with Gasteiger partial charge in [0.25, 0.3) is 0 Å². The zero-order chi connectivity index (χ0) is 19.4.